The molecule has 1 fully saturated rings. The monoisotopic (exact) mass is 187 g/mol. The largest absolute Gasteiger partial charge is 0.356 e. The number of nitrogens with one attached hydrogen (secondary N) is 2. The van der Waals surface area contributed by atoms with Crippen LogP contribution in [0.2, 0.25) is 0 Å². The Balaban J connectivity index is 2.21. The van der Waals surface area contributed by atoms with Gasteiger partial charge >= 0.3 is 0 Å². The first-order chi connectivity index (χ1) is 6.03. The van der Waals surface area contributed by atoms with Crippen molar-refractivity contribution in [2.45, 2.75) is 38.6 Å². The van der Waals surface area contributed by atoms with Gasteiger partial charge in [-0.15, -0.1) is 0 Å². The molecule has 1 aliphatic rings. The van der Waals surface area contributed by atoms with Crippen molar-refractivity contribution in [1.29, 1.82) is 0 Å². The van der Waals surface area contributed by atoms with Crippen LogP contribution in [0.25, 0.3) is 0 Å². The molecule has 0 bridgehead atoms. The van der Waals surface area contributed by atoms with Crippen molar-refractivity contribution >= 4 is 0 Å². The van der Waals surface area contributed by atoms with E-state index in [4.69, 9.17) is 10.5 Å². The molecule has 4 N–H and O–H groups in total. The predicted molar refractivity (Wildman–Crippen MR) is 53.5 cm³/mol. The van der Waals surface area contributed by atoms with Gasteiger partial charge in [0.05, 0.1) is 11.6 Å². The number of hydrogen-bond acceptors (Lipinski definition) is 4. The fraction of sp³-hybridized carbons (Fsp3) is 1.00. The highest BCUT2D eigenvalue weighted by Gasteiger charge is 2.33. The Labute approximate surface area is 80.2 Å². The molecule has 2 unspecified atom stereocenters. The van der Waals surface area contributed by atoms with Crippen molar-refractivity contribution in [3.8, 4) is 0 Å². The normalized spacial score (nSPS) is 28.6. The van der Waals surface area contributed by atoms with Crippen LogP contribution in [0.5, 0.6) is 0 Å². The molecule has 1 rings (SSSR count). The van der Waals surface area contributed by atoms with Crippen LogP contribution in [0.3, 0.4) is 0 Å². The molecular weight excluding hydrogens is 166 g/mol. The van der Waals surface area contributed by atoms with Crippen LogP contribution in [0.4, 0.5) is 0 Å². The maximum Gasteiger partial charge on any atom is 0.125 e. The standard InChI is InChI=1S/C9H21N3O/c1-9(2,3)13-8-7(6-12-8)11-5-4-10/h7-8,11-12H,4-6,10H2,1-3H3. The molecule has 0 spiro atoms. The van der Waals surface area contributed by atoms with Crippen molar-refractivity contribution < 1.29 is 4.74 Å². The molecule has 2 atom stereocenters. The number of nitrogens with two attached hydrogens (primary N) is 1. The fourth-order valence-electron chi connectivity index (χ4n) is 1.28. The second kappa shape index (κ2) is 4.37. The van der Waals surface area contributed by atoms with Crippen molar-refractivity contribution in [3.63, 3.8) is 0 Å². The van der Waals surface area contributed by atoms with E-state index in [9.17, 15) is 0 Å². The van der Waals surface area contributed by atoms with E-state index < -0.39 is 0 Å². The summed E-state index contributed by atoms with van der Waals surface area (Å²) in [6.45, 7) is 8.70. The molecule has 1 aliphatic heterocycles. The minimum atomic E-state index is -0.0826. The minimum absolute atomic E-state index is 0.0826. The highest BCUT2D eigenvalue weighted by molar-refractivity contribution is 4.89. The Bertz CT molecular complexity index is 155. The van der Waals surface area contributed by atoms with E-state index in [-0.39, 0.29) is 11.8 Å². The van der Waals surface area contributed by atoms with Gasteiger partial charge < -0.3 is 15.8 Å². The van der Waals surface area contributed by atoms with E-state index in [0.29, 0.717) is 12.6 Å². The molecule has 13 heavy (non-hydrogen) atoms. The smallest absolute Gasteiger partial charge is 0.125 e. The summed E-state index contributed by atoms with van der Waals surface area (Å²) in [5.41, 5.74) is 5.32. The first-order valence-corrected chi connectivity index (χ1v) is 4.87. The third-order valence-electron chi connectivity index (χ3n) is 1.94. The van der Waals surface area contributed by atoms with Gasteiger partial charge in [0.15, 0.2) is 0 Å². The zero-order valence-electron chi connectivity index (χ0n) is 8.76. The van der Waals surface area contributed by atoms with Crippen molar-refractivity contribution in [2.24, 2.45) is 5.73 Å². The molecule has 0 aliphatic carbocycles. The summed E-state index contributed by atoms with van der Waals surface area (Å²) in [7, 11) is 0. The van der Waals surface area contributed by atoms with Gasteiger partial charge in [0, 0.05) is 19.6 Å². The number of rotatable bonds is 4. The third kappa shape index (κ3) is 3.60. The molecule has 78 valence electrons. The molecule has 0 aromatic rings. The summed E-state index contributed by atoms with van der Waals surface area (Å²) in [6.07, 6.45) is 0.145. The average Bonchev–Trinajstić information content (AvgIpc) is 1.98. The van der Waals surface area contributed by atoms with Gasteiger partial charge in [-0.25, -0.2) is 0 Å². The van der Waals surface area contributed by atoms with E-state index >= 15 is 0 Å². The van der Waals surface area contributed by atoms with E-state index in [1.807, 2.05) is 0 Å². The lowest BCUT2D eigenvalue weighted by atomic mass is 10.1. The van der Waals surface area contributed by atoms with Crippen LogP contribution in [-0.2, 0) is 4.74 Å². The summed E-state index contributed by atoms with van der Waals surface area (Å²) in [6, 6.07) is 0.419. The topological polar surface area (TPSA) is 59.3 Å². The number of hydrogen-bond donors (Lipinski definition) is 3. The Morgan fingerprint density at radius 3 is 2.62 bits per heavy atom. The maximum atomic E-state index is 5.77. The fourth-order valence-corrected chi connectivity index (χ4v) is 1.28. The van der Waals surface area contributed by atoms with E-state index in [0.717, 1.165) is 13.1 Å². The summed E-state index contributed by atoms with van der Waals surface area (Å²) >= 11 is 0. The summed E-state index contributed by atoms with van der Waals surface area (Å²) < 4.78 is 5.77. The van der Waals surface area contributed by atoms with Gasteiger partial charge in [0.25, 0.3) is 0 Å². The van der Waals surface area contributed by atoms with Crippen LogP contribution in [0.15, 0.2) is 0 Å². The second-order valence-electron chi connectivity index (χ2n) is 4.41. The molecule has 0 aromatic heterocycles. The summed E-state index contributed by atoms with van der Waals surface area (Å²) in [4.78, 5) is 0. The van der Waals surface area contributed by atoms with Crippen LogP contribution in [0.1, 0.15) is 20.8 Å². The molecule has 1 saturated heterocycles. The van der Waals surface area contributed by atoms with Crippen LogP contribution in [0, 0.1) is 0 Å². The molecule has 1 heterocycles. The van der Waals surface area contributed by atoms with Crippen LogP contribution in [-0.4, -0.2) is 37.5 Å². The highest BCUT2D eigenvalue weighted by Crippen LogP contribution is 2.15. The van der Waals surface area contributed by atoms with Gasteiger partial charge in [-0.2, -0.15) is 0 Å². The quantitative estimate of drug-likeness (QED) is 0.563. The van der Waals surface area contributed by atoms with Crippen molar-refractivity contribution in [2.75, 3.05) is 19.6 Å². The molecule has 0 saturated carbocycles. The van der Waals surface area contributed by atoms with Gasteiger partial charge in [0.2, 0.25) is 0 Å². The molecule has 0 aromatic carbocycles. The second-order valence-corrected chi connectivity index (χ2v) is 4.41. The zero-order chi connectivity index (χ0) is 9.90. The molecule has 4 heteroatoms. The Hall–Kier alpha value is -0.160. The van der Waals surface area contributed by atoms with Crippen LogP contribution >= 0.6 is 0 Å². The van der Waals surface area contributed by atoms with Crippen molar-refractivity contribution in [1.82, 2.24) is 10.6 Å². The third-order valence-corrected chi connectivity index (χ3v) is 1.94. The van der Waals surface area contributed by atoms with Gasteiger partial charge in [-0.3, -0.25) is 5.32 Å². The molecule has 0 amide bonds. The highest BCUT2D eigenvalue weighted by atomic mass is 16.5. The van der Waals surface area contributed by atoms with Crippen molar-refractivity contribution in [3.05, 3.63) is 0 Å². The van der Waals surface area contributed by atoms with E-state index in [1.54, 1.807) is 0 Å². The molecule has 0 radical (unpaired) electrons. The van der Waals surface area contributed by atoms with E-state index in [2.05, 4.69) is 31.4 Å². The maximum absolute atomic E-state index is 5.77. The van der Waals surface area contributed by atoms with Gasteiger partial charge in [0.1, 0.15) is 6.23 Å². The minimum Gasteiger partial charge on any atom is -0.356 e. The lowest BCUT2D eigenvalue weighted by Crippen LogP contribution is -2.66. The molecular formula is C9H21N3O. The first kappa shape index (κ1) is 10.9. The first-order valence-electron chi connectivity index (χ1n) is 4.87. The van der Waals surface area contributed by atoms with Crippen LogP contribution < -0.4 is 16.4 Å². The average molecular weight is 187 g/mol. The summed E-state index contributed by atoms with van der Waals surface area (Å²) in [5, 5.41) is 6.56. The SMILES string of the molecule is CC(C)(C)OC1NCC1NCCN. The zero-order valence-corrected chi connectivity index (χ0v) is 8.76. The van der Waals surface area contributed by atoms with E-state index in [1.165, 1.54) is 0 Å². The number of ether oxygens (including phenoxy) is 1. The predicted octanol–water partition coefficient (Wildman–Crippen LogP) is -0.352. The lowest BCUT2D eigenvalue weighted by molar-refractivity contribution is -0.120. The summed E-state index contributed by atoms with van der Waals surface area (Å²) in [5.74, 6) is 0. The Morgan fingerprint density at radius 2 is 2.23 bits per heavy atom. The Kier molecular flexibility index (Phi) is 3.67. The van der Waals surface area contributed by atoms with Gasteiger partial charge in [-0.1, -0.05) is 0 Å². The molecule has 4 nitrogen and oxygen atoms in total. The van der Waals surface area contributed by atoms with Gasteiger partial charge in [-0.05, 0) is 20.8 Å². The lowest BCUT2D eigenvalue weighted by Gasteiger charge is -2.41. The Morgan fingerprint density at radius 1 is 1.54 bits per heavy atom.